The zero-order valence-corrected chi connectivity index (χ0v) is 15.2. The molecule has 5 heteroatoms. The Morgan fingerprint density at radius 3 is 1.76 bits per heavy atom. The Morgan fingerprint density at radius 2 is 1.48 bits per heavy atom. The zero-order chi connectivity index (χ0) is 17.4. The average Bonchev–Trinajstić information content (AvgIpc) is 2.53. The van der Waals surface area contributed by atoms with Gasteiger partial charge >= 0.3 is 0 Å². The maximum absolute atomic E-state index is 10.9. The van der Waals surface area contributed by atoms with Crippen molar-refractivity contribution in [3.63, 3.8) is 0 Å². The third-order valence-corrected chi connectivity index (χ3v) is 2.78. The molecule has 124 valence electrons. The summed E-state index contributed by atoms with van der Waals surface area (Å²) >= 11 is -1.96. The highest BCUT2D eigenvalue weighted by atomic mass is 32.2. The van der Waals surface area contributed by atoms with E-state index in [0.29, 0.717) is 11.3 Å². The van der Waals surface area contributed by atoms with E-state index in [1.54, 1.807) is 24.3 Å². The van der Waals surface area contributed by atoms with Crippen molar-refractivity contribution >= 4 is 16.9 Å². The monoisotopic (exact) mass is 317 g/mol. The molecular weight excluding hydrogens is 286 g/mol. The third kappa shape index (κ3) is 12.4. The van der Waals surface area contributed by atoms with Crippen molar-refractivity contribution in [3.05, 3.63) is 29.8 Å². The Labute approximate surface area is 132 Å². The molecule has 0 fully saturated rings. The minimum atomic E-state index is -1.96. The predicted molar refractivity (Wildman–Crippen MR) is 91.9 cm³/mol. The predicted octanol–water partition coefficient (Wildman–Crippen LogP) is 3.80. The maximum atomic E-state index is 10.9. The molecule has 1 aromatic carbocycles. The van der Waals surface area contributed by atoms with Crippen molar-refractivity contribution in [1.29, 1.82) is 0 Å². The van der Waals surface area contributed by atoms with Crippen LogP contribution in [0.15, 0.2) is 29.2 Å². The van der Waals surface area contributed by atoms with Crippen LogP contribution in [0.3, 0.4) is 0 Å². The van der Waals surface area contributed by atoms with Gasteiger partial charge in [-0.25, -0.2) is 4.21 Å². The van der Waals surface area contributed by atoms with Gasteiger partial charge in [-0.2, -0.15) is 0 Å². The second-order valence-corrected chi connectivity index (χ2v) is 4.28. The Kier molecular flexibility index (Phi) is 20.2. The van der Waals surface area contributed by atoms with E-state index >= 15 is 0 Å². The Hall–Kier alpha value is -1.04. The van der Waals surface area contributed by atoms with Crippen LogP contribution < -0.4 is 5.73 Å². The molecule has 0 heterocycles. The van der Waals surface area contributed by atoms with Gasteiger partial charge in [-0.3, -0.25) is 4.79 Å². The van der Waals surface area contributed by atoms with E-state index in [1.165, 1.54) is 6.92 Å². The van der Waals surface area contributed by atoms with Crippen LogP contribution >= 0.6 is 0 Å². The van der Waals surface area contributed by atoms with E-state index in [1.807, 2.05) is 41.5 Å². The van der Waals surface area contributed by atoms with Crippen molar-refractivity contribution < 1.29 is 13.6 Å². The molecule has 2 atom stereocenters. The molecule has 0 bridgehead atoms. The van der Waals surface area contributed by atoms with Crippen molar-refractivity contribution in [2.75, 3.05) is 0 Å². The molecule has 0 radical (unpaired) electrons. The van der Waals surface area contributed by atoms with E-state index in [4.69, 9.17) is 10.3 Å². The van der Waals surface area contributed by atoms with Crippen LogP contribution in [0.5, 0.6) is 0 Å². The highest BCUT2D eigenvalue weighted by Gasteiger charge is 2.09. The lowest BCUT2D eigenvalue weighted by Gasteiger charge is -2.07. The number of carbonyl (C=O) groups is 1. The van der Waals surface area contributed by atoms with Gasteiger partial charge < -0.3 is 10.3 Å². The molecule has 1 aromatic rings. The van der Waals surface area contributed by atoms with Crippen LogP contribution in [0.25, 0.3) is 0 Å². The SMILES string of the molecule is CC.CC.CC.CC(=O)C(N)Cc1ccc(S(=O)O)cc1. The van der Waals surface area contributed by atoms with Crippen molar-refractivity contribution in [1.82, 2.24) is 0 Å². The van der Waals surface area contributed by atoms with Gasteiger partial charge in [-0.05, 0) is 31.0 Å². The van der Waals surface area contributed by atoms with E-state index in [-0.39, 0.29) is 5.78 Å². The van der Waals surface area contributed by atoms with Crippen LogP contribution in [0.1, 0.15) is 54.0 Å². The summed E-state index contributed by atoms with van der Waals surface area (Å²) in [5, 5.41) is 0. The van der Waals surface area contributed by atoms with Gasteiger partial charge in [0.25, 0.3) is 0 Å². The number of hydrogen-bond acceptors (Lipinski definition) is 3. The average molecular weight is 317 g/mol. The van der Waals surface area contributed by atoms with Gasteiger partial charge in [0.1, 0.15) is 5.78 Å². The Bertz CT molecular complexity index is 378. The summed E-state index contributed by atoms with van der Waals surface area (Å²) in [5.41, 5.74) is 6.47. The fraction of sp³-hybridized carbons (Fsp3) is 0.562. The van der Waals surface area contributed by atoms with Gasteiger partial charge in [0.15, 0.2) is 11.1 Å². The van der Waals surface area contributed by atoms with Crippen molar-refractivity contribution in [2.24, 2.45) is 5.73 Å². The molecule has 0 aromatic heterocycles. The first-order chi connectivity index (χ1) is 10.0. The van der Waals surface area contributed by atoms with Crippen LogP contribution in [0.2, 0.25) is 0 Å². The van der Waals surface area contributed by atoms with Gasteiger partial charge in [-0.15, -0.1) is 0 Å². The second kappa shape index (κ2) is 17.0. The highest BCUT2D eigenvalue weighted by molar-refractivity contribution is 7.79. The van der Waals surface area contributed by atoms with Crippen LogP contribution in [0, 0.1) is 0 Å². The fourth-order valence-electron chi connectivity index (χ4n) is 1.14. The van der Waals surface area contributed by atoms with Gasteiger partial charge in [0.2, 0.25) is 0 Å². The topological polar surface area (TPSA) is 80.4 Å². The highest BCUT2D eigenvalue weighted by Crippen LogP contribution is 2.09. The molecule has 1 rings (SSSR count). The number of carbonyl (C=O) groups excluding carboxylic acids is 1. The maximum Gasteiger partial charge on any atom is 0.186 e. The number of hydrogen-bond donors (Lipinski definition) is 2. The summed E-state index contributed by atoms with van der Waals surface area (Å²) in [6.45, 7) is 13.4. The molecule has 0 aliphatic heterocycles. The van der Waals surface area contributed by atoms with Gasteiger partial charge in [0, 0.05) is 0 Å². The molecule has 21 heavy (non-hydrogen) atoms. The number of Topliss-reactive ketones (excluding diaryl/α,β-unsaturated/α-hetero) is 1. The van der Waals surface area contributed by atoms with E-state index < -0.39 is 17.1 Å². The van der Waals surface area contributed by atoms with Crippen molar-refractivity contribution in [3.8, 4) is 0 Å². The lowest BCUT2D eigenvalue weighted by atomic mass is 10.0. The summed E-state index contributed by atoms with van der Waals surface area (Å²) in [7, 11) is 0. The molecule has 0 aliphatic carbocycles. The largest absolute Gasteiger partial charge is 0.321 e. The molecule has 3 N–H and O–H groups in total. The number of ketones is 1. The van der Waals surface area contributed by atoms with Gasteiger partial charge in [0.05, 0.1) is 10.9 Å². The third-order valence-electron chi connectivity index (χ3n) is 2.10. The Morgan fingerprint density at radius 1 is 1.10 bits per heavy atom. The minimum Gasteiger partial charge on any atom is -0.321 e. The lowest BCUT2D eigenvalue weighted by Crippen LogP contribution is -2.30. The molecule has 0 saturated carbocycles. The Balaban J connectivity index is -0.000000478. The summed E-state index contributed by atoms with van der Waals surface area (Å²) < 4.78 is 19.5. The first-order valence-electron chi connectivity index (χ1n) is 7.46. The smallest absolute Gasteiger partial charge is 0.186 e. The number of rotatable bonds is 4. The summed E-state index contributed by atoms with van der Waals surface area (Å²) in [4.78, 5) is 11.3. The van der Waals surface area contributed by atoms with Crippen LogP contribution in [-0.4, -0.2) is 20.6 Å². The number of benzene rings is 1. The molecule has 0 amide bonds. The minimum absolute atomic E-state index is 0.0650. The first-order valence-corrected chi connectivity index (χ1v) is 8.57. The van der Waals surface area contributed by atoms with E-state index in [0.717, 1.165) is 5.56 Å². The van der Waals surface area contributed by atoms with Gasteiger partial charge in [-0.1, -0.05) is 53.7 Å². The molecule has 2 unspecified atom stereocenters. The molecular formula is C16H31NO3S. The fourth-order valence-corrected chi connectivity index (χ4v) is 1.51. The summed E-state index contributed by atoms with van der Waals surface area (Å²) in [5.74, 6) is -0.0650. The first kappa shape index (κ1) is 24.9. The standard InChI is InChI=1S/C10H13NO3S.3C2H6/c1-7(12)10(11)6-8-2-4-9(5-3-8)15(13)14;3*1-2/h2-5,10H,6,11H2,1H3,(H,13,14);3*1-2H3. The molecule has 0 spiro atoms. The zero-order valence-electron chi connectivity index (χ0n) is 14.3. The van der Waals surface area contributed by atoms with E-state index in [9.17, 15) is 9.00 Å². The number of nitrogens with two attached hydrogens (primary N) is 1. The van der Waals surface area contributed by atoms with E-state index in [2.05, 4.69) is 0 Å². The summed E-state index contributed by atoms with van der Waals surface area (Å²) in [6, 6.07) is 6.00. The molecule has 0 aliphatic rings. The van der Waals surface area contributed by atoms with Crippen LogP contribution in [0.4, 0.5) is 0 Å². The lowest BCUT2D eigenvalue weighted by molar-refractivity contribution is -0.118. The molecule has 0 saturated heterocycles. The summed E-state index contributed by atoms with van der Waals surface area (Å²) in [6.07, 6.45) is 0.452. The van der Waals surface area contributed by atoms with Crippen molar-refractivity contribution in [2.45, 2.75) is 65.8 Å². The normalized spacial score (nSPS) is 11.3. The second-order valence-electron chi connectivity index (χ2n) is 3.31. The quantitative estimate of drug-likeness (QED) is 0.828. The molecule has 4 nitrogen and oxygen atoms in total. The van der Waals surface area contributed by atoms with Crippen LogP contribution in [-0.2, 0) is 22.3 Å².